The van der Waals surface area contributed by atoms with Crippen molar-refractivity contribution in [3.05, 3.63) is 88.8 Å². The normalized spacial score (nSPS) is 11.0. The van der Waals surface area contributed by atoms with Gasteiger partial charge in [-0.15, -0.1) is 0 Å². The number of nitrogens with zero attached hydrogens (tertiary/aromatic N) is 3. The molecule has 0 aliphatic heterocycles. The monoisotopic (exact) mass is 442 g/mol. The summed E-state index contributed by atoms with van der Waals surface area (Å²) in [6.45, 7) is 2.50. The van der Waals surface area contributed by atoms with E-state index in [2.05, 4.69) is 15.4 Å². The van der Waals surface area contributed by atoms with Crippen molar-refractivity contribution in [1.29, 1.82) is 0 Å². The fourth-order valence-electron chi connectivity index (χ4n) is 3.47. The molecule has 1 amide bonds. The zero-order valence-corrected chi connectivity index (χ0v) is 17.9. The van der Waals surface area contributed by atoms with E-state index in [4.69, 9.17) is 4.74 Å². The maximum absolute atomic E-state index is 13.2. The smallest absolute Gasteiger partial charge is 0.279 e. The number of ether oxygens (including phenoxy) is 1. The van der Waals surface area contributed by atoms with Crippen LogP contribution in [0.5, 0.6) is 5.75 Å². The molecule has 8 heteroatoms. The Labute approximate surface area is 186 Å². The van der Waals surface area contributed by atoms with Crippen molar-refractivity contribution in [3.63, 3.8) is 0 Å². The van der Waals surface area contributed by atoms with E-state index in [9.17, 15) is 9.59 Å². The van der Waals surface area contributed by atoms with E-state index in [0.717, 1.165) is 16.0 Å². The molecular formula is C24H18N4O3S. The predicted molar refractivity (Wildman–Crippen MR) is 126 cm³/mol. The van der Waals surface area contributed by atoms with E-state index in [-0.39, 0.29) is 11.3 Å². The van der Waals surface area contributed by atoms with Gasteiger partial charge in [-0.25, -0.2) is 4.98 Å². The van der Waals surface area contributed by atoms with Crippen LogP contribution in [0.15, 0.2) is 77.6 Å². The molecule has 5 rings (SSSR count). The molecule has 2 heterocycles. The minimum Gasteiger partial charge on any atom is -0.494 e. The van der Waals surface area contributed by atoms with Crippen LogP contribution < -0.4 is 15.6 Å². The maximum atomic E-state index is 13.2. The number of nitrogens with one attached hydrogen (secondary N) is 1. The van der Waals surface area contributed by atoms with Gasteiger partial charge in [0.2, 0.25) is 0 Å². The van der Waals surface area contributed by atoms with Crippen LogP contribution in [0.2, 0.25) is 0 Å². The Hall–Kier alpha value is -4.04. The number of anilines is 1. The first-order chi connectivity index (χ1) is 15.6. The Morgan fingerprint density at radius 3 is 2.56 bits per heavy atom. The predicted octanol–water partition coefficient (Wildman–Crippen LogP) is 4.65. The minimum absolute atomic E-state index is 0.151. The molecular weight excluding hydrogens is 424 g/mol. The van der Waals surface area contributed by atoms with E-state index >= 15 is 0 Å². The number of rotatable bonds is 5. The third-order valence-corrected chi connectivity index (χ3v) is 5.85. The molecule has 0 bridgehead atoms. The number of hydrogen-bond donors (Lipinski definition) is 1. The van der Waals surface area contributed by atoms with Crippen molar-refractivity contribution < 1.29 is 9.53 Å². The van der Waals surface area contributed by atoms with Gasteiger partial charge in [-0.2, -0.15) is 9.78 Å². The van der Waals surface area contributed by atoms with Crippen LogP contribution in [0, 0.1) is 0 Å². The summed E-state index contributed by atoms with van der Waals surface area (Å²) >= 11 is 1.35. The number of hydrogen-bond acceptors (Lipinski definition) is 6. The number of carbonyl (C=O) groups excluding carboxylic acids is 1. The molecule has 158 valence electrons. The third-order valence-electron chi connectivity index (χ3n) is 4.91. The van der Waals surface area contributed by atoms with Crippen LogP contribution >= 0.6 is 11.3 Å². The lowest BCUT2D eigenvalue weighted by atomic mass is 10.1. The van der Waals surface area contributed by atoms with Gasteiger partial charge in [0.15, 0.2) is 10.8 Å². The summed E-state index contributed by atoms with van der Waals surface area (Å²) in [5, 5.41) is 8.60. The van der Waals surface area contributed by atoms with Gasteiger partial charge < -0.3 is 4.74 Å². The quantitative estimate of drug-likeness (QED) is 0.428. The minimum atomic E-state index is -0.435. The molecule has 0 unspecified atom stereocenters. The number of aromatic nitrogens is 3. The highest BCUT2D eigenvalue weighted by molar-refractivity contribution is 7.22. The van der Waals surface area contributed by atoms with E-state index < -0.39 is 5.91 Å². The zero-order valence-electron chi connectivity index (χ0n) is 17.1. The van der Waals surface area contributed by atoms with Gasteiger partial charge in [0.05, 0.1) is 27.9 Å². The highest BCUT2D eigenvalue weighted by atomic mass is 32.1. The molecule has 0 atom stereocenters. The van der Waals surface area contributed by atoms with Crippen molar-refractivity contribution in [2.24, 2.45) is 0 Å². The Morgan fingerprint density at radius 2 is 1.78 bits per heavy atom. The third kappa shape index (κ3) is 3.61. The number of carbonyl (C=O) groups is 1. The fourth-order valence-corrected chi connectivity index (χ4v) is 4.36. The molecule has 0 aliphatic rings. The molecule has 5 aromatic rings. The topological polar surface area (TPSA) is 86.1 Å². The summed E-state index contributed by atoms with van der Waals surface area (Å²) in [4.78, 5) is 30.7. The molecule has 0 aliphatic carbocycles. The second-order valence-electron chi connectivity index (χ2n) is 6.98. The highest BCUT2D eigenvalue weighted by Gasteiger charge is 2.19. The molecule has 1 N–H and O–H groups in total. The van der Waals surface area contributed by atoms with Gasteiger partial charge in [-0.1, -0.05) is 47.7 Å². The number of fused-ring (bicyclic) bond motifs is 2. The first kappa shape index (κ1) is 19.9. The fraction of sp³-hybridized carbons (Fsp3) is 0.0833. The molecule has 0 saturated carbocycles. The molecule has 0 spiro atoms. The average molecular weight is 443 g/mol. The zero-order chi connectivity index (χ0) is 22.1. The van der Waals surface area contributed by atoms with Gasteiger partial charge in [0.25, 0.3) is 11.5 Å². The summed E-state index contributed by atoms with van der Waals surface area (Å²) in [6, 6.07) is 21.6. The van der Waals surface area contributed by atoms with Gasteiger partial charge >= 0.3 is 0 Å². The molecule has 0 fully saturated rings. The Bertz CT molecular complexity index is 1510. The van der Waals surface area contributed by atoms with Crippen LogP contribution in [-0.2, 0) is 0 Å². The van der Waals surface area contributed by atoms with Crippen molar-refractivity contribution >= 4 is 43.4 Å². The molecule has 0 saturated heterocycles. The number of benzene rings is 3. The van der Waals surface area contributed by atoms with Gasteiger partial charge in [-0.3, -0.25) is 14.9 Å². The van der Waals surface area contributed by atoms with Crippen LogP contribution in [0.25, 0.3) is 26.7 Å². The van der Waals surface area contributed by atoms with Crippen molar-refractivity contribution in [1.82, 2.24) is 14.8 Å². The summed E-state index contributed by atoms with van der Waals surface area (Å²) in [6.07, 6.45) is 0. The first-order valence-electron chi connectivity index (χ1n) is 10.1. The SMILES string of the molecule is CCOc1ccc2nc(NC(=O)c3nn(-c4ccccc4)c(=O)c4ccccc34)sc2c1. The largest absolute Gasteiger partial charge is 0.494 e. The average Bonchev–Trinajstić information content (AvgIpc) is 3.21. The van der Waals surface area contributed by atoms with E-state index in [1.165, 1.54) is 16.0 Å². The molecule has 0 radical (unpaired) electrons. The number of thiazole rings is 1. The van der Waals surface area contributed by atoms with Crippen molar-refractivity contribution in [3.8, 4) is 11.4 Å². The molecule has 2 aromatic heterocycles. The van der Waals surface area contributed by atoms with Crippen LogP contribution in [0.4, 0.5) is 5.13 Å². The Balaban J connectivity index is 1.57. The van der Waals surface area contributed by atoms with Crippen molar-refractivity contribution in [2.45, 2.75) is 6.92 Å². The van der Waals surface area contributed by atoms with E-state index in [0.29, 0.717) is 28.2 Å². The Morgan fingerprint density at radius 1 is 1.03 bits per heavy atom. The summed E-state index contributed by atoms with van der Waals surface area (Å²) in [7, 11) is 0. The number of para-hydroxylation sites is 1. The molecule has 3 aromatic carbocycles. The summed E-state index contributed by atoms with van der Waals surface area (Å²) in [5.74, 6) is 0.319. The second-order valence-corrected chi connectivity index (χ2v) is 8.01. The highest BCUT2D eigenvalue weighted by Crippen LogP contribution is 2.29. The summed E-state index contributed by atoms with van der Waals surface area (Å²) < 4.78 is 7.69. The van der Waals surface area contributed by atoms with Crippen LogP contribution in [0.1, 0.15) is 17.4 Å². The van der Waals surface area contributed by atoms with Gasteiger partial charge in [-0.05, 0) is 43.3 Å². The van der Waals surface area contributed by atoms with E-state index in [1.807, 2.05) is 43.3 Å². The maximum Gasteiger partial charge on any atom is 0.279 e. The van der Waals surface area contributed by atoms with Crippen LogP contribution in [-0.4, -0.2) is 27.3 Å². The van der Waals surface area contributed by atoms with Gasteiger partial charge in [0, 0.05) is 5.39 Å². The van der Waals surface area contributed by atoms with Crippen LogP contribution in [0.3, 0.4) is 0 Å². The lowest BCUT2D eigenvalue weighted by Crippen LogP contribution is -2.26. The van der Waals surface area contributed by atoms with Crippen molar-refractivity contribution in [2.75, 3.05) is 11.9 Å². The summed E-state index contributed by atoms with van der Waals surface area (Å²) in [5.41, 5.74) is 1.21. The first-order valence-corrected chi connectivity index (χ1v) is 10.9. The Kier molecular flexibility index (Phi) is 5.12. The lowest BCUT2D eigenvalue weighted by Gasteiger charge is -2.10. The standard InChI is InChI=1S/C24H18N4O3S/c1-2-31-16-12-13-19-20(14-16)32-24(25-19)26-22(29)21-17-10-6-7-11-18(17)23(30)28(27-21)15-8-4-3-5-9-15/h3-14H,2H2,1H3,(H,25,26,29). The van der Waals surface area contributed by atoms with Gasteiger partial charge in [0.1, 0.15) is 5.75 Å². The lowest BCUT2D eigenvalue weighted by molar-refractivity contribution is 0.102. The molecule has 7 nitrogen and oxygen atoms in total. The van der Waals surface area contributed by atoms with E-state index in [1.54, 1.807) is 36.4 Å². The molecule has 32 heavy (non-hydrogen) atoms. The number of amides is 1. The second kappa shape index (κ2) is 8.24.